The molecule has 1 aliphatic heterocycles. The van der Waals surface area contributed by atoms with Crippen molar-refractivity contribution in [2.45, 2.75) is 26.7 Å². The first-order chi connectivity index (χ1) is 9.08. The Labute approximate surface area is 121 Å². The normalized spacial score (nSPS) is 17.2. The molecule has 2 rings (SSSR count). The first-order valence-corrected chi connectivity index (χ1v) is 7.62. The van der Waals surface area contributed by atoms with Gasteiger partial charge in [-0.2, -0.15) is 0 Å². The Balaban J connectivity index is 1.99. The Hall–Kier alpha value is -0.800. The molecule has 0 N–H and O–H groups in total. The third kappa shape index (κ3) is 4.08. The molecule has 1 aromatic rings. The van der Waals surface area contributed by atoms with Gasteiger partial charge in [-0.15, -0.1) is 11.6 Å². The number of hydrogen-bond acceptors (Lipinski definition) is 3. The standard InChI is InChI=1S/C15H24ClN3/c1-12(2)11-18-4-6-19(7-5-18)15-9-14(10-16)8-13(3)17-15/h8-9,12H,4-7,10-11H2,1-3H3. The Morgan fingerprint density at radius 2 is 1.89 bits per heavy atom. The fourth-order valence-electron chi connectivity index (χ4n) is 2.64. The fourth-order valence-corrected chi connectivity index (χ4v) is 2.79. The van der Waals surface area contributed by atoms with Gasteiger partial charge in [-0.05, 0) is 30.5 Å². The Morgan fingerprint density at radius 1 is 1.21 bits per heavy atom. The van der Waals surface area contributed by atoms with Crippen LogP contribution in [0.4, 0.5) is 5.82 Å². The summed E-state index contributed by atoms with van der Waals surface area (Å²) >= 11 is 5.94. The van der Waals surface area contributed by atoms with E-state index in [1.165, 1.54) is 6.54 Å². The van der Waals surface area contributed by atoms with Gasteiger partial charge in [-0.3, -0.25) is 4.90 Å². The lowest BCUT2D eigenvalue weighted by Crippen LogP contribution is -2.47. The highest BCUT2D eigenvalue weighted by Crippen LogP contribution is 2.18. The van der Waals surface area contributed by atoms with Gasteiger partial charge in [0.25, 0.3) is 0 Å². The molecule has 0 radical (unpaired) electrons. The van der Waals surface area contributed by atoms with Crippen LogP contribution in [-0.4, -0.2) is 42.6 Å². The van der Waals surface area contributed by atoms with Crippen LogP contribution in [0, 0.1) is 12.8 Å². The van der Waals surface area contributed by atoms with E-state index in [4.69, 9.17) is 11.6 Å². The quantitative estimate of drug-likeness (QED) is 0.791. The van der Waals surface area contributed by atoms with Gasteiger partial charge in [0.15, 0.2) is 0 Å². The molecule has 19 heavy (non-hydrogen) atoms. The summed E-state index contributed by atoms with van der Waals surface area (Å²) in [5.74, 6) is 2.38. The molecule has 106 valence electrons. The molecule has 0 unspecified atom stereocenters. The monoisotopic (exact) mass is 281 g/mol. The largest absolute Gasteiger partial charge is 0.354 e. The maximum atomic E-state index is 5.94. The topological polar surface area (TPSA) is 19.4 Å². The van der Waals surface area contributed by atoms with E-state index < -0.39 is 0 Å². The number of halogens is 1. The number of alkyl halides is 1. The molecular weight excluding hydrogens is 258 g/mol. The Kier molecular flexibility index (Phi) is 5.06. The van der Waals surface area contributed by atoms with Crippen LogP contribution in [0.5, 0.6) is 0 Å². The van der Waals surface area contributed by atoms with Crippen molar-refractivity contribution < 1.29 is 0 Å². The number of nitrogens with zero attached hydrogens (tertiary/aromatic N) is 3. The zero-order valence-corrected chi connectivity index (χ0v) is 13.0. The van der Waals surface area contributed by atoms with Gasteiger partial charge >= 0.3 is 0 Å². The van der Waals surface area contributed by atoms with E-state index in [0.717, 1.165) is 49.2 Å². The summed E-state index contributed by atoms with van der Waals surface area (Å²) < 4.78 is 0. The average molecular weight is 282 g/mol. The van der Waals surface area contributed by atoms with Crippen molar-refractivity contribution in [1.82, 2.24) is 9.88 Å². The minimum absolute atomic E-state index is 0.559. The highest BCUT2D eigenvalue weighted by atomic mass is 35.5. The summed E-state index contributed by atoms with van der Waals surface area (Å²) in [6.45, 7) is 12.2. The van der Waals surface area contributed by atoms with Crippen molar-refractivity contribution in [1.29, 1.82) is 0 Å². The molecule has 0 spiro atoms. The first-order valence-electron chi connectivity index (χ1n) is 7.09. The lowest BCUT2D eigenvalue weighted by molar-refractivity contribution is 0.231. The van der Waals surface area contributed by atoms with Crippen LogP contribution in [0.1, 0.15) is 25.1 Å². The molecule has 0 aromatic carbocycles. The summed E-state index contributed by atoms with van der Waals surface area (Å²) in [4.78, 5) is 9.56. The molecule has 4 heteroatoms. The lowest BCUT2D eigenvalue weighted by Gasteiger charge is -2.36. The van der Waals surface area contributed by atoms with Crippen LogP contribution < -0.4 is 4.90 Å². The van der Waals surface area contributed by atoms with E-state index in [9.17, 15) is 0 Å². The van der Waals surface area contributed by atoms with E-state index in [-0.39, 0.29) is 0 Å². The highest BCUT2D eigenvalue weighted by Gasteiger charge is 2.18. The van der Waals surface area contributed by atoms with E-state index in [2.05, 4.69) is 40.8 Å². The van der Waals surface area contributed by atoms with Crippen molar-refractivity contribution in [2.24, 2.45) is 5.92 Å². The van der Waals surface area contributed by atoms with E-state index in [1.807, 2.05) is 6.92 Å². The van der Waals surface area contributed by atoms with Crippen LogP contribution in [0.3, 0.4) is 0 Å². The smallest absolute Gasteiger partial charge is 0.129 e. The number of aryl methyl sites for hydroxylation is 1. The molecule has 0 aliphatic carbocycles. The van der Waals surface area contributed by atoms with Crippen LogP contribution in [0.25, 0.3) is 0 Å². The summed E-state index contributed by atoms with van der Waals surface area (Å²) in [7, 11) is 0. The molecule has 0 atom stereocenters. The number of pyridine rings is 1. The predicted octanol–water partition coefficient (Wildman–Crippen LogP) is 2.91. The van der Waals surface area contributed by atoms with E-state index >= 15 is 0 Å². The average Bonchev–Trinajstić information content (AvgIpc) is 2.38. The molecule has 1 aliphatic rings. The maximum Gasteiger partial charge on any atom is 0.129 e. The first kappa shape index (κ1) is 14.6. The molecule has 1 fully saturated rings. The van der Waals surface area contributed by atoms with Gasteiger partial charge in [0, 0.05) is 44.3 Å². The molecule has 0 saturated carbocycles. The minimum atomic E-state index is 0.559. The zero-order valence-electron chi connectivity index (χ0n) is 12.2. The second-order valence-electron chi connectivity index (χ2n) is 5.79. The number of piperazine rings is 1. The summed E-state index contributed by atoms with van der Waals surface area (Å²) in [6, 6.07) is 4.18. The van der Waals surface area contributed by atoms with Crippen LogP contribution >= 0.6 is 11.6 Å². The van der Waals surface area contributed by atoms with Gasteiger partial charge < -0.3 is 4.90 Å². The fraction of sp³-hybridized carbons (Fsp3) is 0.667. The van der Waals surface area contributed by atoms with Gasteiger partial charge in [0.05, 0.1) is 0 Å². The van der Waals surface area contributed by atoms with Crippen molar-refractivity contribution in [2.75, 3.05) is 37.6 Å². The molecule has 2 heterocycles. The molecule has 1 aromatic heterocycles. The summed E-state index contributed by atoms with van der Waals surface area (Å²) in [6.07, 6.45) is 0. The molecule has 3 nitrogen and oxygen atoms in total. The third-order valence-electron chi connectivity index (χ3n) is 3.47. The number of aromatic nitrogens is 1. The van der Waals surface area contributed by atoms with E-state index in [0.29, 0.717) is 5.88 Å². The van der Waals surface area contributed by atoms with Gasteiger partial charge in [0.2, 0.25) is 0 Å². The summed E-state index contributed by atoms with van der Waals surface area (Å²) in [5, 5.41) is 0. The van der Waals surface area contributed by atoms with Crippen LogP contribution in [0.15, 0.2) is 12.1 Å². The second kappa shape index (κ2) is 6.58. The number of hydrogen-bond donors (Lipinski definition) is 0. The van der Waals surface area contributed by atoms with Crippen molar-refractivity contribution >= 4 is 17.4 Å². The Morgan fingerprint density at radius 3 is 2.47 bits per heavy atom. The maximum absolute atomic E-state index is 5.94. The SMILES string of the molecule is Cc1cc(CCl)cc(N2CCN(CC(C)C)CC2)n1. The molecular formula is C15H24ClN3. The van der Waals surface area contributed by atoms with Gasteiger partial charge in [0.1, 0.15) is 5.82 Å². The number of anilines is 1. The van der Waals surface area contributed by atoms with Crippen molar-refractivity contribution in [3.8, 4) is 0 Å². The minimum Gasteiger partial charge on any atom is -0.354 e. The predicted molar refractivity (Wildman–Crippen MR) is 82.0 cm³/mol. The third-order valence-corrected chi connectivity index (χ3v) is 3.78. The molecule has 0 amide bonds. The lowest BCUT2D eigenvalue weighted by atomic mass is 10.2. The number of rotatable bonds is 4. The second-order valence-corrected chi connectivity index (χ2v) is 6.06. The van der Waals surface area contributed by atoms with E-state index in [1.54, 1.807) is 0 Å². The van der Waals surface area contributed by atoms with Crippen molar-refractivity contribution in [3.63, 3.8) is 0 Å². The highest BCUT2D eigenvalue weighted by molar-refractivity contribution is 6.17. The van der Waals surface area contributed by atoms with Crippen molar-refractivity contribution in [3.05, 3.63) is 23.4 Å². The van der Waals surface area contributed by atoms with Crippen LogP contribution in [0.2, 0.25) is 0 Å². The zero-order chi connectivity index (χ0) is 13.8. The summed E-state index contributed by atoms with van der Waals surface area (Å²) in [5.41, 5.74) is 2.21. The van der Waals surface area contributed by atoms with Crippen LogP contribution in [-0.2, 0) is 5.88 Å². The molecule has 1 saturated heterocycles. The van der Waals surface area contributed by atoms with Gasteiger partial charge in [-0.1, -0.05) is 13.8 Å². The molecule has 0 bridgehead atoms. The van der Waals surface area contributed by atoms with Gasteiger partial charge in [-0.25, -0.2) is 4.98 Å². The Bertz CT molecular complexity index is 412.